The van der Waals surface area contributed by atoms with Gasteiger partial charge in [0.15, 0.2) is 21.1 Å². The van der Waals surface area contributed by atoms with Crippen molar-refractivity contribution in [1.82, 2.24) is 18.6 Å². The van der Waals surface area contributed by atoms with Crippen LogP contribution in [0.5, 0.6) is 5.75 Å². The minimum atomic E-state index is -4.85. The number of amides is 1. The molecule has 0 radical (unpaired) electrons. The van der Waals surface area contributed by atoms with Crippen LogP contribution in [0.2, 0.25) is 5.02 Å². The molecule has 1 amide bonds. The lowest BCUT2D eigenvalue weighted by Crippen LogP contribution is -2.36. The molecule has 2 fully saturated rings. The number of carboxylic acids is 1. The number of allylic oxidation sites excluding steroid dienone is 1. The molecular weight excluding hydrogens is 1020 g/mol. The number of hydrogen-bond donors (Lipinski definition) is 4. The van der Waals surface area contributed by atoms with E-state index in [0.717, 1.165) is 20.1 Å². The van der Waals surface area contributed by atoms with Crippen molar-refractivity contribution in [2.75, 3.05) is 34.5 Å². The maximum atomic E-state index is 14.9. The number of oxazole rings is 1. The minimum Gasteiger partial charge on any atom is -0.480 e. The van der Waals surface area contributed by atoms with E-state index in [1.54, 1.807) is 0 Å². The van der Waals surface area contributed by atoms with Crippen LogP contribution in [0.4, 0.5) is 5.69 Å². The summed E-state index contributed by atoms with van der Waals surface area (Å²) in [4.78, 5) is 57.0. The Kier molecular flexibility index (Phi) is 13.2. The number of halogens is 1. The Labute approximate surface area is 387 Å². The lowest BCUT2D eigenvalue weighted by Gasteiger charge is -2.20. The van der Waals surface area contributed by atoms with Gasteiger partial charge in [-0.25, -0.2) is 8.42 Å². The molecule has 1 unspecified atom stereocenters. The second-order valence-electron chi connectivity index (χ2n) is 14.9. The first-order valence-corrected chi connectivity index (χ1v) is 26.9. The van der Waals surface area contributed by atoms with Gasteiger partial charge in [0.25, 0.3) is 47.4 Å². The van der Waals surface area contributed by atoms with E-state index in [-0.39, 0.29) is 45.1 Å². The predicted octanol–water partition coefficient (Wildman–Crippen LogP) is -0.109. The lowest BCUT2D eigenvalue weighted by molar-refractivity contribution is -0.137. The fourth-order valence-corrected chi connectivity index (χ4v) is 12.2. The molecule has 4 N–H and O–H groups in total. The molecule has 1 atom stereocenters. The van der Waals surface area contributed by atoms with E-state index in [1.165, 1.54) is 54.3 Å². The fraction of sp³-hybridized carbons (Fsp3) is 0.306. The van der Waals surface area contributed by atoms with Crippen molar-refractivity contribution < 1.29 is 71.2 Å². The molecular formula is C36H34ClN5O18S6. The maximum Gasteiger partial charge on any atom is 0.323 e. The zero-order chi connectivity index (χ0) is 48.4. The van der Waals surface area contributed by atoms with Crippen LogP contribution in [-0.4, -0.2) is 117 Å². The van der Waals surface area contributed by atoms with Crippen LogP contribution < -0.4 is 31.7 Å². The number of nitrogens with zero attached hydrogens (tertiary/aromatic N) is 5. The number of carbonyl (C=O) groups is 2. The maximum absolute atomic E-state index is 14.9. The summed E-state index contributed by atoms with van der Waals surface area (Å²) in [6.45, 7) is -1.66. The minimum absolute atomic E-state index is 0.0827. The van der Waals surface area contributed by atoms with Gasteiger partial charge in [0.2, 0.25) is 16.8 Å². The van der Waals surface area contributed by atoms with E-state index in [2.05, 4.69) is 0 Å². The quantitative estimate of drug-likeness (QED) is 0.100. The van der Waals surface area contributed by atoms with Crippen molar-refractivity contribution in [2.24, 2.45) is 0 Å². The monoisotopic (exact) mass is 1050 g/mol. The number of ether oxygens (including phenoxy) is 1. The lowest BCUT2D eigenvalue weighted by atomic mass is 10.2. The zero-order valence-corrected chi connectivity index (χ0v) is 39.3. The van der Waals surface area contributed by atoms with Crippen LogP contribution in [-0.2, 0) is 69.4 Å². The number of hydrogen-bond acceptors (Lipinski definition) is 17. The SMILES string of the molecule is C/C(C=C1Oc2ccc(Cl)cc2N1Cc1ccccc1S(=O)(=O)O)=c1/c(=O)n(C2CCS(=O)(=O)C2)/c(=c2\o/c(=C3/SC(=S)N(CCS(=O)(=O)O)C3=O)n(CCS(=O)(=O)O)c2=O)n1CC(=O)O. The van der Waals surface area contributed by atoms with Crippen LogP contribution in [0.25, 0.3) is 10.5 Å². The van der Waals surface area contributed by atoms with Gasteiger partial charge in [-0.2, -0.15) is 25.3 Å². The summed E-state index contributed by atoms with van der Waals surface area (Å²) in [6.07, 6.45) is 1.04. The number of carbonyl (C=O) groups excluding carboxylic acids is 1. The number of anilines is 1. The highest BCUT2D eigenvalue weighted by molar-refractivity contribution is 8.30. The van der Waals surface area contributed by atoms with Gasteiger partial charge in [-0.3, -0.25) is 46.9 Å². The van der Waals surface area contributed by atoms with Crippen LogP contribution in [0, 0.1) is 10.9 Å². The van der Waals surface area contributed by atoms with E-state index in [1.807, 2.05) is 0 Å². The molecule has 2 saturated heterocycles. The summed E-state index contributed by atoms with van der Waals surface area (Å²) in [7, 11) is -18.1. The topological polar surface area (TPSA) is 329 Å². The Hall–Kier alpha value is -5.11. The van der Waals surface area contributed by atoms with Crippen molar-refractivity contribution in [3.63, 3.8) is 0 Å². The first-order valence-electron chi connectivity index (χ1n) is 18.8. The first kappa shape index (κ1) is 48.8. The summed E-state index contributed by atoms with van der Waals surface area (Å²) in [5.74, 6) is -5.82. The third-order valence-electron chi connectivity index (χ3n) is 10.3. The van der Waals surface area contributed by atoms with Crippen molar-refractivity contribution in [3.05, 3.63) is 108 Å². The molecule has 0 aliphatic carbocycles. The largest absolute Gasteiger partial charge is 0.480 e. The molecule has 0 spiro atoms. The van der Waals surface area contributed by atoms with Crippen LogP contribution >= 0.6 is 35.6 Å². The molecule has 7 rings (SSSR count). The van der Waals surface area contributed by atoms with Crippen molar-refractivity contribution in [3.8, 4) is 5.75 Å². The summed E-state index contributed by atoms with van der Waals surface area (Å²) in [5, 5.41) is 10.0. The number of benzene rings is 2. The molecule has 2 aromatic carbocycles. The number of aliphatic carboxylic acids is 1. The van der Waals surface area contributed by atoms with Gasteiger partial charge in [0, 0.05) is 24.2 Å². The Morgan fingerprint density at radius 1 is 0.955 bits per heavy atom. The van der Waals surface area contributed by atoms with E-state index in [4.69, 9.17) is 33.0 Å². The highest BCUT2D eigenvalue weighted by Crippen LogP contribution is 2.42. The summed E-state index contributed by atoms with van der Waals surface area (Å²) in [5.41, 5.74) is -4.33. The van der Waals surface area contributed by atoms with E-state index < -0.39 is 143 Å². The number of imidazole rings is 1. The van der Waals surface area contributed by atoms with Crippen LogP contribution in [0.15, 0.2) is 73.3 Å². The standard InChI is InChI=1S/C36H34ClN5O18S6/c1-19(14-26-40(23-15-21(37)6-7-24(23)59-26)16-20-4-2-3-5-25(20)66(56,57)58)28-32(45)42(22-8-11-63(48,49)18-22)31(41(28)17-27(43)44)29-33(46)38(9-12-64(50,51)52)35(60-29)30-34(47)39(36(61)62-30)10-13-65(53,54)55/h2-7,14-15,22H,8-13,16-18H2,1H3,(H,43,44)(H,50,51,52)(H,53,54,55)(H,56,57,58)/b26-14?,28-19+,31-29-,35-30+. The first-order chi connectivity index (χ1) is 30.6. The van der Waals surface area contributed by atoms with E-state index in [0.29, 0.717) is 22.0 Å². The molecule has 30 heteroatoms. The average Bonchev–Trinajstić information content (AvgIpc) is 3.96. The van der Waals surface area contributed by atoms with Crippen molar-refractivity contribution in [1.29, 1.82) is 0 Å². The molecule has 0 bridgehead atoms. The fourth-order valence-electron chi connectivity index (χ4n) is 7.49. The van der Waals surface area contributed by atoms with Gasteiger partial charge in [-0.1, -0.05) is 42.0 Å². The van der Waals surface area contributed by atoms with E-state index >= 15 is 0 Å². The van der Waals surface area contributed by atoms with Crippen molar-refractivity contribution >= 4 is 108 Å². The number of sulfone groups is 1. The molecule has 4 aromatic rings. The Bertz CT molecular complexity index is 3640. The third-order valence-corrected chi connectivity index (χ3v) is 16.1. The van der Waals surface area contributed by atoms with Crippen LogP contribution in [0.3, 0.4) is 0 Å². The number of carboxylic acid groups (broad SMARTS) is 1. The molecule has 5 heterocycles. The van der Waals surface area contributed by atoms with Gasteiger partial charge < -0.3 is 23.7 Å². The average molecular weight is 1050 g/mol. The second-order valence-corrected chi connectivity index (χ2v) is 23.7. The van der Waals surface area contributed by atoms with Gasteiger partial charge >= 0.3 is 5.97 Å². The molecule has 0 saturated carbocycles. The highest BCUT2D eigenvalue weighted by atomic mass is 35.5. The van der Waals surface area contributed by atoms with E-state index in [9.17, 15) is 71.6 Å². The van der Waals surface area contributed by atoms with Gasteiger partial charge in [-0.15, -0.1) is 0 Å². The predicted molar refractivity (Wildman–Crippen MR) is 238 cm³/mol. The number of aromatic nitrogens is 3. The zero-order valence-electron chi connectivity index (χ0n) is 33.6. The molecule has 354 valence electrons. The molecule has 3 aliphatic rings. The van der Waals surface area contributed by atoms with Gasteiger partial charge in [0.05, 0.1) is 46.2 Å². The summed E-state index contributed by atoms with van der Waals surface area (Å²) < 4.78 is 141. The molecule has 2 aromatic heterocycles. The summed E-state index contributed by atoms with van der Waals surface area (Å²) in [6, 6.07) is 8.66. The number of rotatable bonds is 13. The number of fused-ring (bicyclic) bond motifs is 1. The Balaban J connectivity index is 1.58. The Morgan fingerprint density at radius 2 is 1.62 bits per heavy atom. The third kappa shape index (κ3) is 10.1. The molecule has 23 nitrogen and oxygen atoms in total. The number of thioether (sulfide) groups is 1. The van der Waals surface area contributed by atoms with Crippen LogP contribution in [0.1, 0.15) is 24.9 Å². The van der Waals surface area contributed by atoms with Gasteiger partial charge in [-0.05, 0) is 60.5 Å². The molecule has 3 aliphatic heterocycles. The van der Waals surface area contributed by atoms with Gasteiger partial charge in [0.1, 0.15) is 21.1 Å². The second kappa shape index (κ2) is 17.8. The smallest absolute Gasteiger partial charge is 0.323 e. The number of thiocarbonyl (C=S) groups is 1. The molecule has 66 heavy (non-hydrogen) atoms. The summed E-state index contributed by atoms with van der Waals surface area (Å²) >= 11 is 12.0. The van der Waals surface area contributed by atoms with Crippen molar-refractivity contribution in [2.45, 2.75) is 43.9 Å². The highest BCUT2D eigenvalue weighted by Gasteiger charge is 2.37. The Morgan fingerprint density at radius 3 is 2.24 bits per heavy atom. The normalized spacial score (nSPS) is 20.0.